The Bertz CT molecular complexity index is 1190. The van der Waals surface area contributed by atoms with Gasteiger partial charge in [0.1, 0.15) is 0 Å². The fraction of sp³-hybridized carbons (Fsp3) is 0.368. The molecule has 1 aromatic carbocycles. The third-order valence-corrected chi connectivity index (χ3v) is 6.86. The number of sulfonamides is 1. The number of fused-ring (bicyclic) bond motifs is 1. The molecule has 0 radical (unpaired) electrons. The summed E-state index contributed by atoms with van der Waals surface area (Å²) in [4.78, 5) is 12.9. The van der Waals surface area contributed by atoms with Gasteiger partial charge in [-0.05, 0) is 37.1 Å². The van der Waals surface area contributed by atoms with Gasteiger partial charge in [-0.3, -0.25) is 0 Å². The fourth-order valence-electron chi connectivity index (χ4n) is 3.32. The van der Waals surface area contributed by atoms with Crippen molar-refractivity contribution in [2.24, 2.45) is 0 Å². The van der Waals surface area contributed by atoms with Crippen LogP contribution in [-0.2, 0) is 21.3 Å². The molecule has 8 nitrogen and oxygen atoms in total. The quantitative estimate of drug-likeness (QED) is 0.654. The lowest BCUT2D eigenvalue weighted by molar-refractivity contribution is 0.0730. The van der Waals surface area contributed by atoms with Crippen LogP contribution in [-0.4, -0.2) is 53.2 Å². The minimum atomic E-state index is -3.68. The van der Waals surface area contributed by atoms with Gasteiger partial charge in [0.25, 0.3) is 0 Å². The molecule has 148 valence electrons. The van der Waals surface area contributed by atoms with Crippen molar-refractivity contribution in [3.05, 3.63) is 63.7 Å². The monoisotopic (exact) mass is 402 g/mol. The van der Waals surface area contributed by atoms with E-state index in [-0.39, 0.29) is 10.6 Å². The van der Waals surface area contributed by atoms with Gasteiger partial charge in [0.05, 0.1) is 24.7 Å². The van der Waals surface area contributed by atoms with Crippen molar-refractivity contribution in [3.63, 3.8) is 0 Å². The number of ether oxygens (including phenoxy) is 1. The van der Waals surface area contributed by atoms with Gasteiger partial charge in [-0.2, -0.15) is 4.31 Å². The third kappa shape index (κ3) is 3.36. The molecule has 0 atom stereocenters. The van der Waals surface area contributed by atoms with Crippen LogP contribution < -0.4 is 5.69 Å². The maximum Gasteiger partial charge on any atom is 0.350 e. The van der Waals surface area contributed by atoms with Crippen LogP contribution in [0.1, 0.15) is 16.7 Å². The normalized spacial score (nSPS) is 15.9. The Morgan fingerprint density at radius 2 is 1.86 bits per heavy atom. The predicted octanol–water partition coefficient (Wildman–Crippen LogP) is 1.18. The fourth-order valence-corrected chi connectivity index (χ4v) is 4.73. The average Bonchev–Trinajstić information content (AvgIpc) is 3.00. The molecule has 0 amide bonds. The van der Waals surface area contributed by atoms with Crippen LogP contribution in [0, 0.1) is 13.8 Å². The number of hydrogen-bond acceptors (Lipinski definition) is 5. The third-order valence-electron chi connectivity index (χ3n) is 4.98. The van der Waals surface area contributed by atoms with Gasteiger partial charge in [-0.25, -0.2) is 22.3 Å². The summed E-state index contributed by atoms with van der Waals surface area (Å²) in [7, 11) is -3.68. The zero-order valence-corrected chi connectivity index (χ0v) is 16.6. The molecular formula is C19H22N4O4S. The molecule has 0 bridgehead atoms. The zero-order chi connectivity index (χ0) is 19.9. The summed E-state index contributed by atoms with van der Waals surface area (Å²) in [5.41, 5.74) is 3.24. The second-order valence-electron chi connectivity index (χ2n) is 6.98. The first-order chi connectivity index (χ1) is 13.4. The number of benzene rings is 1. The van der Waals surface area contributed by atoms with Crippen molar-refractivity contribution in [1.29, 1.82) is 0 Å². The van der Waals surface area contributed by atoms with E-state index in [9.17, 15) is 13.2 Å². The Morgan fingerprint density at radius 1 is 1.11 bits per heavy atom. The summed E-state index contributed by atoms with van der Waals surface area (Å²) in [6.07, 6.45) is 1.36. The highest BCUT2D eigenvalue weighted by Gasteiger charge is 2.27. The molecule has 1 aliphatic rings. The first-order valence-corrected chi connectivity index (χ1v) is 10.5. The second kappa shape index (κ2) is 7.16. The topological polar surface area (TPSA) is 85.9 Å². The SMILES string of the molecule is Cc1ccc(C)c(Cn2nc3ccc(S(=O)(=O)N4CCOCC4)cn3c2=O)c1. The smallest absolute Gasteiger partial charge is 0.350 e. The molecule has 1 saturated heterocycles. The van der Waals surface area contributed by atoms with Crippen LogP contribution in [0.5, 0.6) is 0 Å². The van der Waals surface area contributed by atoms with E-state index in [0.717, 1.165) is 16.7 Å². The molecule has 9 heteroatoms. The molecule has 2 aromatic heterocycles. The van der Waals surface area contributed by atoms with E-state index in [4.69, 9.17) is 4.74 Å². The van der Waals surface area contributed by atoms with E-state index in [1.807, 2.05) is 32.0 Å². The van der Waals surface area contributed by atoms with Gasteiger partial charge in [0.15, 0.2) is 5.65 Å². The molecule has 1 fully saturated rings. The van der Waals surface area contributed by atoms with E-state index in [1.54, 1.807) is 6.07 Å². The number of aryl methyl sites for hydroxylation is 2. The summed E-state index contributed by atoms with van der Waals surface area (Å²) in [6.45, 7) is 5.67. The van der Waals surface area contributed by atoms with Crippen LogP contribution in [0.3, 0.4) is 0 Å². The Labute approximate surface area is 163 Å². The summed E-state index contributed by atoms with van der Waals surface area (Å²) in [6, 6.07) is 9.12. The molecule has 0 N–H and O–H groups in total. The molecule has 3 aromatic rings. The molecule has 4 rings (SSSR count). The van der Waals surface area contributed by atoms with E-state index in [2.05, 4.69) is 5.10 Å². The van der Waals surface area contributed by atoms with E-state index in [1.165, 1.54) is 25.7 Å². The van der Waals surface area contributed by atoms with Crippen molar-refractivity contribution in [2.75, 3.05) is 26.3 Å². The number of aromatic nitrogens is 3. The summed E-state index contributed by atoms with van der Waals surface area (Å²) in [5.74, 6) is 0. The molecule has 1 aliphatic heterocycles. The highest BCUT2D eigenvalue weighted by Crippen LogP contribution is 2.17. The van der Waals surface area contributed by atoms with Gasteiger partial charge in [-0.15, -0.1) is 5.10 Å². The number of pyridine rings is 1. The number of morpholine rings is 1. The standard InChI is InChI=1S/C19H22N4O4S/c1-14-3-4-15(2)16(11-14)12-23-19(24)22-13-17(5-6-18(22)20-23)28(25,26)21-7-9-27-10-8-21/h3-6,11,13H,7-10,12H2,1-2H3. The lowest BCUT2D eigenvalue weighted by Gasteiger charge is -2.25. The van der Waals surface area contributed by atoms with E-state index >= 15 is 0 Å². The Kier molecular flexibility index (Phi) is 4.82. The average molecular weight is 402 g/mol. The molecule has 28 heavy (non-hydrogen) atoms. The summed E-state index contributed by atoms with van der Waals surface area (Å²) < 4.78 is 35.0. The number of nitrogens with zero attached hydrogens (tertiary/aromatic N) is 4. The van der Waals surface area contributed by atoms with Gasteiger partial charge >= 0.3 is 5.69 Å². The van der Waals surface area contributed by atoms with Crippen LogP contribution in [0.15, 0.2) is 46.2 Å². The molecule has 0 spiro atoms. The first-order valence-electron chi connectivity index (χ1n) is 9.09. The van der Waals surface area contributed by atoms with E-state index < -0.39 is 10.0 Å². The maximum atomic E-state index is 12.8. The van der Waals surface area contributed by atoms with Crippen molar-refractivity contribution in [2.45, 2.75) is 25.3 Å². The van der Waals surface area contributed by atoms with Gasteiger partial charge < -0.3 is 4.74 Å². The van der Waals surface area contributed by atoms with Gasteiger partial charge in [0.2, 0.25) is 10.0 Å². The Hall–Kier alpha value is -2.49. The van der Waals surface area contributed by atoms with Gasteiger partial charge in [-0.1, -0.05) is 23.8 Å². The lowest BCUT2D eigenvalue weighted by Crippen LogP contribution is -2.40. The highest BCUT2D eigenvalue weighted by atomic mass is 32.2. The number of rotatable bonds is 4. The Morgan fingerprint density at radius 3 is 2.61 bits per heavy atom. The highest BCUT2D eigenvalue weighted by molar-refractivity contribution is 7.89. The second-order valence-corrected chi connectivity index (χ2v) is 8.92. The van der Waals surface area contributed by atoms with Crippen molar-refractivity contribution < 1.29 is 13.2 Å². The predicted molar refractivity (Wildman–Crippen MR) is 104 cm³/mol. The molecule has 3 heterocycles. The molecular weight excluding hydrogens is 380 g/mol. The summed E-state index contributed by atoms with van der Waals surface area (Å²) >= 11 is 0. The van der Waals surface area contributed by atoms with Crippen molar-refractivity contribution in [1.82, 2.24) is 18.5 Å². The largest absolute Gasteiger partial charge is 0.379 e. The molecule has 0 aliphatic carbocycles. The summed E-state index contributed by atoms with van der Waals surface area (Å²) in [5, 5.41) is 4.35. The minimum absolute atomic E-state index is 0.0790. The van der Waals surface area contributed by atoms with E-state index in [0.29, 0.717) is 38.5 Å². The van der Waals surface area contributed by atoms with Crippen molar-refractivity contribution >= 4 is 15.7 Å². The van der Waals surface area contributed by atoms with Gasteiger partial charge in [0, 0.05) is 19.3 Å². The molecule has 0 saturated carbocycles. The van der Waals surface area contributed by atoms with Crippen LogP contribution in [0.2, 0.25) is 0 Å². The van der Waals surface area contributed by atoms with Crippen LogP contribution in [0.25, 0.3) is 5.65 Å². The zero-order valence-electron chi connectivity index (χ0n) is 15.8. The van der Waals surface area contributed by atoms with Crippen LogP contribution >= 0.6 is 0 Å². The minimum Gasteiger partial charge on any atom is -0.379 e. The Balaban J connectivity index is 1.72. The number of hydrogen-bond donors (Lipinski definition) is 0. The van der Waals surface area contributed by atoms with Crippen LogP contribution in [0.4, 0.5) is 0 Å². The maximum absolute atomic E-state index is 12.8. The van der Waals surface area contributed by atoms with Crippen molar-refractivity contribution in [3.8, 4) is 0 Å². The molecule has 0 unspecified atom stereocenters. The first kappa shape index (κ1) is 18.9. The lowest BCUT2D eigenvalue weighted by atomic mass is 10.1.